The monoisotopic (exact) mass is 324 g/mol. The summed E-state index contributed by atoms with van der Waals surface area (Å²) in [5.74, 6) is 1.19. The molecule has 1 heterocycles. The highest BCUT2D eigenvalue weighted by Gasteiger charge is 2.16. The highest BCUT2D eigenvalue weighted by atomic mass is 79.9. The van der Waals surface area contributed by atoms with Gasteiger partial charge in [0.05, 0.1) is 0 Å². The quantitative estimate of drug-likeness (QED) is 0.904. The lowest BCUT2D eigenvalue weighted by Crippen LogP contribution is -2.30. The predicted molar refractivity (Wildman–Crippen MR) is 74.0 cm³/mol. The van der Waals surface area contributed by atoms with Crippen molar-refractivity contribution in [2.45, 2.75) is 20.0 Å². The zero-order valence-corrected chi connectivity index (χ0v) is 12.1. The Bertz CT molecular complexity index is 585. The van der Waals surface area contributed by atoms with Crippen molar-refractivity contribution >= 4 is 27.8 Å². The highest BCUT2D eigenvalue weighted by molar-refractivity contribution is 9.10. The summed E-state index contributed by atoms with van der Waals surface area (Å²) in [4.78, 5) is 15.9. The van der Waals surface area contributed by atoms with Crippen LogP contribution in [0.25, 0.3) is 0 Å². The minimum Gasteiger partial charge on any atom is -0.481 e. The molecule has 1 atom stereocenters. The molecule has 6 nitrogen and oxygen atoms in total. The molecule has 0 saturated heterocycles. The van der Waals surface area contributed by atoms with E-state index < -0.39 is 6.10 Å². The fraction of sp³-hybridized carbons (Fsp3) is 0.250. The number of benzene rings is 1. The second-order valence-electron chi connectivity index (χ2n) is 3.95. The number of aromatic nitrogens is 3. The number of hydrogen-bond donors (Lipinski definition) is 2. The van der Waals surface area contributed by atoms with Crippen LogP contribution >= 0.6 is 15.9 Å². The number of carbonyl (C=O) groups excluding carboxylic acids is 1. The van der Waals surface area contributed by atoms with Crippen LogP contribution in [0, 0.1) is 6.92 Å². The van der Waals surface area contributed by atoms with Crippen molar-refractivity contribution in [3.8, 4) is 5.75 Å². The van der Waals surface area contributed by atoms with Gasteiger partial charge in [-0.25, -0.2) is 0 Å². The van der Waals surface area contributed by atoms with Crippen LogP contribution in [0.4, 0.5) is 5.95 Å². The number of amides is 1. The Kier molecular flexibility index (Phi) is 4.16. The maximum atomic E-state index is 11.9. The van der Waals surface area contributed by atoms with Gasteiger partial charge < -0.3 is 4.74 Å². The fourth-order valence-corrected chi connectivity index (χ4v) is 1.79. The molecule has 0 fully saturated rings. The Morgan fingerprint density at radius 2 is 2.32 bits per heavy atom. The summed E-state index contributed by atoms with van der Waals surface area (Å²) in [5.41, 5.74) is 0. The Morgan fingerprint density at radius 1 is 1.53 bits per heavy atom. The second kappa shape index (κ2) is 5.83. The van der Waals surface area contributed by atoms with Crippen molar-refractivity contribution in [1.29, 1.82) is 0 Å². The standard InChI is InChI=1S/C12H13BrN4O2/c1-7(19-10-5-3-4-9(13)6-10)11(18)15-12-14-8(2)16-17-12/h3-7H,1-2H3,(H2,14,15,16,17,18). The minimum absolute atomic E-state index is 0.243. The second-order valence-corrected chi connectivity index (χ2v) is 4.87. The number of aryl methyl sites for hydroxylation is 1. The molecule has 0 aliphatic heterocycles. The average Bonchev–Trinajstić information content (AvgIpc) is 2.74. The molecule has 1 unspecified atom stereocenters. The number of rotatable bonds is 4. The van der Waals surface area contributed by atoms with Gasteiger partial charge in [-0.2, -0.15) is 4.98 Å². The van der Waals surface area contributed by atoms with Gasteiger partial charge in [0.25, 0.3) is 5.91 Å². The zero-order chi connectivity index (χ0) is 13.8. The van der Waals surface area contributed by atoms with Crippen LogP contribution in [0.15, 0.2) is 28.7 Å². The summed E-state index contributed by atoms with van der Waals surface area (Å²) in [6, 6.07) is 7.29. The van der Waals surface area contributed by atoms with Crippen LogP contribution in [0.3, 0.4) is 0 Å². The summed E-state index contributed by atoms with van der Waals surface area (Å²) in [7, 11) is 0. The van der Waals surface area contributed by atoms with Gasteiger partial charge in [-0.15, -0.1) is 5.10 Å². The summed E-state index contributed by atoms with van der Waals surface area (Å²) < 4.78 is 6.42. The minimum atomic E-state index is -0.645. The molecule has 0 saturated carbocycles. The number of H-pyrrole nitrogens is 1. The van der Waals surface area contributed by atoms with Crippen LogP contribution in [0.2, 0.25) is 0 Å². The lowest BCUT2D eigenvalue weighted by atomic mass is 10.3. The first kappa shape index (κ1) is 13.5. The number of aromatic amines is 1. The number of ether oxygens (including phenoxy) is 1. The molecule has 100 valence electrons. The number of halogens is 1. The molecule has 0 spiro atoms. The van der Waals surface area contributed by atoms with Gasteiger partial charge in [0, 0.05) is 4.47 Å². The number of anilines is 1. The average molecular weight is 325 g/mol. The fourth-order valence-electron chi connectivity index (χ4n) is 1.41. The van der Waals surface area contributed by atoms with E-state index in [1.165, 1.54) is 0 Å². The van der Waals surface area contributed by atoms with E-state index in [0.717, 1.165) is 4.47 Å². The van der Waals surface area contributed by atoms with Gasteiger partial charge in [-0.1, -0.05) is 22.0 Å². The molecule has 1 aromatic carbocycles. The summed E-state index contributed by atoms with van der Waals surface area (Å²) >= 11 is 3.34. The summed E-state index contributed by atoms with van der Waals surface area (Å²) in [6.07, 6.45) is -0.645. The number of nitrogens with zero attached hydrogens (tertiary/aromatic N) is 2. The first-order chi connectivity index (χ1) is 9.04. The maximum absolute atomic E-state index is 11.9. The van der Waals surface area contributed by atoms with Crippen molar-refractivity contribution in [2.75, 3.05) is 5.32 Å². The Labute approximate surface area is 118 Å². The zero-order valence-electron chi connectivity index (χ0n) is 10.5. The molecular weight excluding hydrogens is 312 g/mol. The van der Waals surface area contributed by atoms with E-state index >= 15 is 0 Å². The lowest BCUT2D eigenvalue weighted by Gasteiger charge is -2.13. The molecule has 19 heavy (non-hydrogen) atoms. The Hall–Kier alpha value is -1.89. The van der Waals surface area contributed by atoms with Crippen LogP contribution in [-0.2, 0) is 4.79 Å². The molecule has 0 aliphatic rings. The molecule has 0 bridgehead atoms. The van der Waals surface area contributed by atoms with Gasteiger partial charge >= 0.3 is 0 Å². The van der Waals surface area contributed by atoms with E-state index in [1.54, 1.807) is 26.0 Å². The van der Waals surface area contributed by atoms with E-state index in [4.69, 9.17) is 4.74 Å². The third-order valence-corrected chi connectivity index (χ3v) is 2.80. The molecule has 2 rings (SSSR count). The summed E-state index contributed by atoms with van der Waals surface area (Å²) in [6.45, 7) is 3.42. The molecule has 2 N–H and O–H groups in total. The molecule has 1 aromatic heterocycles. The predicted octanol–water partition coefficient (Wildman–Crippen LogP) is 2.28. The molecular formula is C12H13BrN4O2. The SMILES string of the molecule is Cc1nc(NC(=O)C(C)Oc2cccc(Br)c2)n[nH]1. The van der Waals surface area contributed by atoms with Crippen LogP contribution < -0.4 is 10.1 Å². The molecule has 7 heteroatoms. The molecule has 2 aromatic rings. The van der Waals surface area contributed by atoms with Crippen molar-refractivity contribution < 1.29 is 9.53 Å². The molecule has 0 aliphatic carbocycles. The van der Waals surface area contributed by atoms with Crippen molar-refractivity contribution in [1.82, 2.24) is 15.2 Å². The first-order valence-corrected chi connectivity index (χ1v) is 6.46. The summed E-state index contributed by atoms with van der Waals surface area (Å²) in [5, 5.41) is 9.04. The third-order valence-electron chi connectivity index (χ3n) is 2.31. The van der Waals surface area contributed by atoms with Gasteiger partial charge in [0.1, 0.15) is 11.6 Å². The molecule has 1 amide bonds. The maximum Gasteiger partial charge on any atom is 0.267 e. The van der Waals surface area contributed by atoms with Gasteiger partial charge in [-0.3, -0.25) is 15.2 Å². The topological polar surface area (TPSA) is 79.9 Å². The van der Waals surface area contributed by atoms with Gasteiger partial charge in [-0.05, 0) is 32.0 Å². The van der Waals surface area contributed by atoms with Crippen molar-refractivity contribution in [3.63, 3.8) is 0 Å². The van der Waals surface area contributed by atoms with Gasteiger partial charge in [0.15, 0.2) is 6.10 Å². The van der Waals surface area contributed by atoms with Crippen LogP contribution in [0.1, 0.15) is 12.7 Å². The van der Waals surface area contributed by atoms with E-state index in [1.807, 2.05) is 12.1 Å². The Morgan fingerprint density at radius 3 is 2.95 bits per heavy atom. The first-order valence-electron chi connectivity index (χ1n) is 5.66. The largest absolute Gasteiger partial charge is 0.481 e. The van der Waals surface area contributed by atoms with Crippen LogP contribution in [0.5, 0.6) is 5.75 Å². The smallest absolute Gasteiger partial charge is 0.267 e. The van der Waals surface area contributed by atoms with Crippen LogP contribution in [-0.4, -0.2) is 27.2 Å². The van der Waals surface area contributed by atoms with E-state index in [2.05, 4.69) is 36.4 Å². The van der Waals surface area contributed by atoms with Crippen molar-refractivity contribution in [2.24, 2.45) is 0 Å². The van der Waals surface area contributed by atoms with Crippen molar-refractivity contribution in [3.05, 3.63) is 34.6 Å². The molecule has 0 radical (unpaired) electrons. The Balaban J connectivity index is 1.96. The van der Waals surface area contributed by atoms with E-state index in [9.17, 15) is 4.79 Å². The van der Waals surface area contributed by atoms with E-state index in [0.29, 0.717) is 11.6 Å². The number of hydrogen-bond acceptors (Lipinski definition) is 4. The number of carbonyl (C=O) groups is 1. The highest BCUT2D eigenvalue weighted by Crippen LogP contribution is 2.19. The normalized spacial score (nSPS) is 11.9. The van der Waals surface area contributed by atoms with E-state index in [-0.39, 0.29) is 11.9 Å². The van der Waals surface area contributed by atoms with Gasteiger partial charge in [0.2, 0.25) is 5.95 Å². The lowest BCUT2D eigenvalue weighted by molar-refractivity contribution is -0.122. The third kappa shape index (κ3) is 3.78. The number of nitrogens with one attached hydrogen (secondary N) is 2.